The minimum atomic E-state index is -0.627. The van der Waals surface area contributed by atoms with Crippen molar-refractivity contribution in [1.82, 2.24) is 0 Å². The largest absolute Gasteiger partial charge is 1.00 e. The molecule has 0 radical (unpaired) electrons. The van der Waals surface area contributed by atoms with E-state index in [1.54, 1.807) is 4.40 Å². The van der Waals surface area contributed by atoms with E-state index in [9.17, 15) is 0 Å². The fraction of sp³-hybridized carbons (Fsp3) is 0.297. The van der Waals surface area contributed by atoms with Gasteiger partial charge in [-0.3, -0.25) is 12.2 Å². The molecule has 0 spiro atoms. The quantitative estimate of drug-likeness (QED) is 0.275. The van der Waals surface area contributed by atoms with Crippen molar-refractivity contribution in [3.63, 3.8) is 0 Å². The molecule has 2 unspecified atom stereocenters. The second kappa shape index (κ2) is 19.0. The Bertz CT molecular complexity index is 1320. The maximum Gasteiger partial charge on any atom is -1.00 e. The fourth-order valence-electron chi connectivity index (χ4n) is 4.90. The van der Waals surface area contributed by atoms with Crippen LogP contribution in [-0.2, 0) is 34.1 Å². The average molecular weight is 809 g/mol. The number of hydrogen-bond acceptors (Lipinski definition) is 0. The van der Waals surface area contributed by atoms with Gasteiger partial charge in [-0.2, -0.15) is 23.3 Å². The molecule has 0 nitrogen and oxygen atoms in total. The normalized spacial score (nSPS) is 16.7. The van der Waals surface area contributed by atoms with Crippen LogP contribution in [0, 0.1) is 24.0 Å². The van der Waals surface area contributed by atoms with E-state index in [1.807, 2.05) is 0 Å². The van der Waals surface area contributed by atoms with E-state index >= 15 is 0 Å². The molecule has 2 aliphatic rings. The Balaban J connectivity index is 0.000000310. The topological polar surface area (TPSA) is 0 Å². The Labute approximate surface area is 278 Å². The van der Waals surface area contributed by atoms with Crippen LogP contribution in [0.25, 0.3) is 11.1 Å². The summed E-state index contributed by atoms with van der Waals surface area (Å²) >= 11 is 1.42. The SMILES string of the molecule is CCc1cccc(C2=CC(C)[C-]=C2C)c1.CCc1cccc(C2=CC(C)[C-]=C2C)c1.[CH3][Ge](=[Hf+2])[c]1ccccc1.[Cl-].[Cl-]. The van der Waals surface area contributed by atoms with Gasteiger partial charge in [0, 0.05) is 0 Å². The van der Waals surface area contributed by atoms with Crippen molar-refractivity contribution < 1.29 is 46.1 Å². The molecule has 0 aromatic heterocycles. The molecule has 0 saturated carbocycles. The summed E-state index contributed by atoms with van der Waals surface area (Å²) in [6.07, 6.45) is 13.6. The summed E-state index contributed by atoms with van der Waals surface area (Å²) in [6, 6.07) is 28.5. The molecule has 2 atom stereocenters. The maximum atomic E-state index is 3.43. The average Bonchev–Trinajstić information content (AvgIpc) is 3.48. The second-order valence-corrected chi connectivity index (χ2v) is 28.2. The van der Waals surface area contributed by atoms with Gasteiger partial charge >= 0.3 is 71.8 Å². The Kier molecular flexibility index (Phi) is 17.4. The standard InChI is InChI=1S/2C15H17.C7H8Ge.2ClH.Hf/c2*1-4-13-6-5-7-14(10-13)15-9-11(2)8-12(15)3;1-8-7-5-3-2-4-6-7;;;/h2*5-7,9-11H,4H2,1-3H3;2-6H,1H3;2*1H;/q2*-1;;;;+2/p-2. The van der Waals surface area contributed by atoms with Crippen molar-refractivity contribution in [3.05, 3.63) is 137 Å². The van der Waals surface area contributed by atoms with Crippen molar-refractivity contribution in [3.8, 4) is 0 Å². The molecule has 41 heavy (non-hydrogen) atoms. The predicted molar refractivity (Wildman–Crippen MR) is 168 cm³/mol. The van der Waals surface area contributed by atoms with E-state index in [1.165, 1.54) is 65.8 Å². The zero-order valence-corrected chi connectivity index (χ0v) is 32.7. The van der Waals surface area contributed by atoms with Gasteiger partial charge in [-0.1, -0.05) is 102 Å². The minimum absolute atomic E-state index is 0. The van der Waals surface area contributed by atoms with Gasteiger partial charge in [0.15, 0.2) is 0 Å². The molecule has 3 aromatic rings. The Morgan fingerprint density at radius 3 is 1.37 bits per heavy atom. The molecular formula is C37H42Cl2GeHf-2. The van der Waals surface area contributed by atoms with Crippen molar-refractivity contribution in [2.45, 2.75) is 60.1 Å². The molecule has 0 fully saturated rings. The number of allylic oxidation sites excluding steroid dienone is 8. The molecule has 0 bridgehead atoms. The molecule has 214 valence electrons. The van der Waals surface area contributed by atoms with Gasteiger partial charge in [-0.05, 0) is 24.0 Å². The van der Waals surface area contributed by atoms with E-state index in [4.69, 9.17) is 0 Å². The third-order valence-corrected chi connectivity index (χ3v) is 14.9. The number of halogens is 2. The van der Waals surface area contributed by atoms with Crippen LogP contribution >= 0.6 is 0 Å². The first-order chi connectivity index (χ1) is 18.7. The zero-order chi connectivity index (χ0) is 28.4. The molecule has 0 N–H and O–H groups in total. The smallest absolute Gasteiger partial charge is 1.00 e. The Morgan fingerprint density at radius 2 is 1.07 bits per heavy atom. The first kappa shape index (κ1) is 37.6. The minimum Gasteiger partial charge on any atom is -1.00 e. The van der Waals surface area contributed by atoms with Crippen LogP contribution in [0.1, 0.15) is 63.8 Å². The molecule has 3 aromatic carbocycles. The maximum absolute atomic E-state index is 3.43. The van der Waals surface area contributed by atoms with Crippen LogP contribution in [0.5, 0.6) is 0 Å². The van der Waals surface area contributed by atoms with Gasteiger partial charge in [0.2, 0.25) is 0 Å². The summed E-state index contributed by atoms with van der Waals surface area (Å²) in [4.78, 5) is 0. The van der Waals surface area contributed by atoms with Gasteiger partial charge in [0.25, 0.3) is 0 Å². The van der Waals surface area contributed by atoms with Gasteiger partial charge in [-0.15, -0.1) is 11.1 Å². The van der Waals surface area contributed by atoms with Gasteiger partial charge in [0.05, 0.1) is 0 Å². The van der Waals surface area contributed by atoms with E-state index < -0.39 is 10.1 Å². The van der Waals surface area contributed by atoms with Crippen LogP contribution in [0.4, 0.5) is 0 Å². The van der Waals surface area contributed by atoms with Gasteiger partial charge < -0.3 is 24.8 Å². The van der Waals surface area contributed by atoms with Crippen molar-refractivity contribution in [1.29, 1.82) is 0 Å². The third kappa shape index (κ3) is 11.7. The first-order valence-corrected chi connectivity index (χ1v) is 27.7. The molecule has 0 heterocycles. The Hall–Kier alpha value is -1.39. The number of rotatable bonds is 5. The zero-order valence-electron chi connectivity index (χ0n) is 25.5. The van der Waals surface area contributed by atoms with Crippen molar-refractivity contribution in [2.75, 3.05) is 0 Å². The fourth-order valence-corrected chi connectivity index (χ4v) is 9.47. The van der Waals surface area contributed by atoms with Crippen molar-refractivity contribution in [2.24, 2.45) is 11.8 Å². The van der Waals surface area contributed by atoms with E-state index in [0.29, 0.717) is 11.8 Å². The predicted octanol–water partition coefficient (Wildman–Crippen LogP) is 3.13. The molecule has 2 aliphatic carbocycles. The molecule has 5 rings (SSSR count). The number of benzene rings is 3. The van der Waals surface area contributed by atoms with Gasteiger partial charge in [-0.25, -0.2) is 11.1 Å². The van der Waals surface area contributed by atoms with Crippen LogP contribution in [0.3, 0.4) is 0 Å². The molecule has 0 saturated heterocycles. The van der Waals surface area contributed by atoms with Crippen LogP contribution < -0.4 is 29.2 Å². The van der Waals surface area contributed by atoms with Gasteiger partial charge in [0.1, 0.15) is 0 Å². The van der Waals surface area contributed by atoms with E-state index in [-0.39, 0.29) is 24.8 Å². The molecule has 4 heteroatoms. The summed E-state index contributed by atoms with van der Waals surface area (Å²) in [6.45, 7) is 13.0. The monoisotopic (exact) mass is 810 g/mol. The van der Waals surface area contributed by atoms with E-state index in [2.05, 4.69) is 150 Å². The van der Waals surface area contributed by atoms with Crippen LogP contribution in [0.2, 0.25) is 5.76 Å². The Morgan fingerprint density at radius 1 is 0.659 bits per heavy atom. The van der Waals surface area contributed by atoms with Crippen LogP contribution in [0.15, 0.2) is 102 Å². The number of aryl methyl sites for hydroxylation is 2. The van der Waals surface area contributed by atoms with Crippen molar-refractivity contribution >= 4 is 25.6 Å². The molecule has 0 aliphatic heterocycles. The summed E-state index contributed by atoms with van der Waals surface area (Å²) in [5.41, 5.74) is 10.8. The molecule has 0 amide bonds. The molecular weight excluding hydrogens is 766 g/mol. The summed E-state index contributed by atoms with van der Waals surface area (Å²) in [5.74, 6) is 3.36. The summed E-state index contributed by atoms with van der Waals surface area (Å²) in [7, 11) is -0.627. The number of hydrogen-bond donors (Lipinski definition) is 0. The summed E-state index contributed by atoms with van der Waals surface area (Å²) in [5, 5.41) is 0. The van der Waals surface area contributed by atoms with Crippen LogP contribution in [-0.4, -0.2) is 10.1 Å². The third-order valence-electron chi connectivity index (χ3n) is 7.03. The summed E-state index contributed by atoms with van der Waals surface area (Å²) < 4.78 is 1.64. The first-order valence-electron chi connectivity index (χ1n) is 14.2. The second-order valence-electron chi connectivity index (χ2n) is 10.4. The van der Waals surface area contributed by atoms with E-state index in [0.717, 1.165) is 12.8 Å².